The van der Waals surface area contributed by atoms with Crippen LogP contribution in [0.1, 0.15) is 11.4 Å². The van der Waals surface area contributed by atoms with Gasteiger partial charge in [-0.05, 0) is 13.8 Å². The first-order valence-electron chi connectivity index (χ1n) is 5.80. The highest BCUT2D eigenvalue weighted by molar-refractivity contribution is 5.69. The van der Waals surface area contributed by atoms with Crippen molar-refractivity contribution in [2.45, 2.75) is 26.6 Å². The van der Waals surface area contributed by atoms with E-state index in [2.05, 4.69) is 9.84 Å². The molecule has 0 aromatic carbocycles. The molecule has 0 radical (unpaired) electrons. The molecule has 0 aliphatic carbocycles. The third-order valence-electron chi connectivity index (χ3n) is 2.47. The summed E-state index contributed by atoms with van der Waals surface area (Å²) >= 11 is 0. The van der Waals surface area contributed by atoms with Gasteiger partial charge in [-0.15, -0.1) is 0 Å². The molecule has 0 aliphatic heterocycles. The summed E-state index contributed by atoms with van der Waals surface area (Å²) in [4.78, 5) is 11.4. The van der Waals surface area contributed by atoms with E-state index in [1.54, 1.807) is 13.8 Å². The quantitative estimate of drug-likeness (QED) is 0.630. The lowest BCUT2D eigenvalue weighted by Crippen LogP contribution is -2.21. The van der Waals surface area contributed by atoms with Crippen molar-refractivity contribution < 1.29 is 27.4 Å². The maximum atomic E-state index is 11.8. The predicted molar refractivity (Wildman–Crippen MR) is 63.9 cm³/mol. The first kappa shape index (κ1) is 16.3. The Hall–Kier alpha value is -1.77. The normalized spacial score (nSPS) is 11.7. The minimum absolute atomic E-state index is 0.150. The molecule has 0 amide bonds. The highest BCUT2D eigenvalue weighted by Gasteiger charge is 2.27. The Morgan fingerprint density at radius 3 is 2.50 bits per heavy atom. The average molecular weight is 295 g/mol. The highest BCUT2D eigenvalue weighted by Crippen LogP contribution is 2.15. The number of nitrogens with zero attached hydrogens (tertiary/aromatic N) is 2. The number of carbonyl (C=O) groups is 1. The number of ether oxygens (including phenoxy) is 2. The second kappa shape index (κ2) is 6.60. The van der Waals surface area contributed by atoms with Crippen LogP contribution in [-0.4, -0.2) is 41.7 Å². The molecule has 2 N–H and O–H groups in total. The van der Waals surface area contributed by atoms with Crippen LogP contribution in [0.25, 0.3) is 0 Å². The Balaban J connectivity index is 2.29. The van der Waals surface area contributed by atoms with E-state index in [-0.39, 0.29) is 19.8 Å². The van der Waals surface area contributed by atoms with Gasteiger partial charge in [-0.1, -0.05) is 0 Å². The summed E-state index contributed by atoms with van der Waals surface area (Å²) in [6.07, 6.45) is -4.38. The van der Waals surface area contributed by atoms with Crippen LogP contribution >= 0.6 is 0 Å². The van der Waals surface area contributed by atoms with Crippen LogP contribution in [0.4, 0.5) is 18.9 Å². The van der Waals surface area contributed by atoms with Gasteiger partial charge >= 0.3 is 12.1 Å². The van der Waals surface area contributed by atoms with Crippen LogP contribution in [0.15, 0.2) is 0 Å². The molecule has 1 aromatic heterocycles. The number of rotatable bonds is 6. The zero-order valence-corrected chi connectivity index (χ0v) is 11.2. The van der Waals surface area contributed by atoms with Crippen molar-refractivity contribution in [1.29, 1.82) is 0 Å². The minimum atomic E-state index is -4.38. The smallest absolute Gasteiger partial charge is 0.411 e. The van der Waals surface area contributed by atoms with E-state index in [1.807, 2.05) is 0 Å². The van der Waals surface area contributed by atoms with E-state index in [0.717, 1.165) is 0 Å². The van der Waals surface area contributed by atoms with Gasteiger partial charge in [0.1, 0.15) is 19.8 Å². The third-order valence-corrected chi connectivity index (χ3v) is 2.47. The van der Waals surface area contributed by atoms with Crippen molar-refractivity contribution >= 4 is 11.7 Å². The van der Waals surface area contributed by atoms with Gasteiger partial charge in [0.15, 0.2) is 0 Å². The zero-order chi connectivity index (χ0) is 15.3. The van der Waals surface area contributed by atoms with Gasteiger partial charge in [0.05, 0.1) is 23.7 Å². The summed E-state index contributed by atoms with van der Waals surface area (Å²) in [5.41, 5.74) is 7.42. The van der Waals surface area contributed by atoms with Gasteiger partial charge in [0.2, 0.25) is 0 Å². The van der Waals surface area contributed by atoms with Gasteiger partial charge in [0.25, 0.3) is 0 Å². The monoisotopic (exact) mass is 295 g/mol. The van der Waals surface area contributed by atoms with Crippen LogP contribution in [0.2, 0.25) is 0 Å². The number of halogens is 3. The molecule has 1 heterocycles. The summed E-state index contributed by atoms with van der Waals surface area (Å²) in [5, 5.41) is 4.04. The fraction of sp³-hybridized carbons (Fsp3) is 0.636. The van der Waals surface area contributed by atoms with E-state index < -0.39 is 18.8 Å². The van der Waals surface area contributed by atoms with E-state index in [1.165, 1.54) is 4.68 Å². The summed E-state index contributed by atoms with van der Waals surface area (Å²) < 4.78 is 45.7. The molecule has 114 valence electrons. The third kappa shape index (κ3) is 5.08. The van der Waals surface area contributed by atoms with Crippen LogP contribution in [0.3, 0.4) is 0 Å². The Morgan fingerprint density at radius 1 is 1.35 bits per heavy atom. The summed E-state index contributed by atoms with van der Waals surface area (Å²) in [7, 11) is 0. The number of nitrogen functional groups attached to an aromatic ring is 1. The highest BCUT2D eigenvalue weighted by atomic mass is 19.4. The molecular weight excluding hydrogens is 279 g/mol. The average Bonchev–Trinajstić information content (AvgIpc) is 2.55. The number of hydrogen-bond donors (Lipinski definition) is 1. The van der Waals surface area contributed by atoms with Crippen LogP contribution in [0, 0.1) is 13.8 Å². The molecule has 0 fully saturated rings. The lowest BCUT2D eigenvalue weighted by atomic mass is 10.3. The lowest BCUT2D eigenvalue weighted by Gasteiger charge is -2.08. The number of aryl methyl sites for hydroxylation is 1. The number of carbonyl (C=O) groups excluding carboxylic acids is 1. The molecule has 6 nitrogen and oxygen atoms in total. The number of alkyl halides is 3. The van der Waals surface area contributed by atoms with Crippen molar-refractivity contribution in [1.82, 2.24) is 9.78 Å². The molecule has 1 aromatic rings. The number of nitrogens with two attached hydrogens (primary N) is 1. The number of hydrogen-bond acceptors (Lipinski definition) is 5. The SMILES string of the molecule is Cc1nn(CC(=O)OCCOCC(F)(F)F)c(C)c1N. The lowest BCUT2D eigenvalue weighted by molar-refractivity contribution is -0.177. The Bertz CT molecular complexity index is 471. The molecule has 9 heteroatoms. The Labute approximate surface area is 113 Å². The van der Waals surface area contributed by atoms with E-state index in [0.29, 0.717) is 17.1 Å². The molecule has 0 saturated carbocycles. The van der Waals surface area contributed by atoms with E-state index in [4.69, 9.17) is 10.5 Å². The second-order valence-corrected chi connectivity index (χ2v) is 4.13. The molecular formula is C11H16F3N3O3. The molecule has 0 aliphatic rings. The first-order valence-corrected chi connectivity index (χ1v) is 5.80. The van der Waals surface area contributed by atoms with Crippen molar-refractivity contribution in [2.75, 3.05) is 25.6 Å². The predicted octanol–water partition coefficient (Wildman–Crippen LogP) is 1.20. The topological polar surface area (TPSA) is 79.4 Å². The fourth-order valence-electron chi connectivity index (χ4n) is 1.43. The van der Waals surface area contributed by atoms with Gasteiger partial charge in [-0.3, -0.25) is 9.48 Å². The van der Waals surface area contributed by atoms with Gasteiger partial charge in [-0.2, -0.15) is 18.3 Å². The van der Waals surface area contributed by atoms with Crippen molar-refractivity contribution in [3.05, 3.63) is 11.4 Å². The van der Waals surface area contributed by atoms with Crippen molar-refractivity contribution in [3.63, 3.8) is 0 Å². The largest absolute Gasteiger partial charge is 0.462 e. The number of anilines is 1. The standard InChI is InChI=1S/C11H16F3N3O3/c1-7-10(15)8(2)17(16-7)5-9(18)20-4-3-19-6-11(12,13)14/h3-6,15H2,1-2H3. The van der Waals surface area contributed by atoms with Crippen molar-refractivity contribution in [2.24, 2.45) is 0 Å². The molecule has 0 unspecified atom stereocenters. The zero-order valence-electron chi connectivity index (χ0n) is 11.2. The maximum absolute atomic E-state index is 11.8. The van der Waals surface area contributed by atoms with Gasteiger partial charge in [-0.25, -0.2) is 0 Å². The van der Waals surface area contributed by atoms with Gasteiger partial charge in [0, 0.05) is 0 Å². The first-order chi connectivity index (χ1) is 9.20. The summed E-state index contributed by atoms with van der Waals surface area (Å²) in [6.45, 7) is 1.33. The van der Waals surface area contributed by atoms with Crippen LogP contribution in [-0.2, 0) is 20.8 Å². The maximum Gasteiger partial charge on any atom is 0.411 e. The Kier molecular flexibility index (Phi) is 5.37. The molecule has 0 atom stereocenters. The summed E-state index contributed by atoms with van der Waals surface area (Å²) in [5.74, 6) is -0.619. The fourth-order valence-corrected chi connectivity index (χ4v) is 1.43. The molecule has 20 heavy (non-hydrogen) atoms. The van der Waals surface area contributed by atoms with E-state index in [9.17, 15) is 18.0 Å². The van der Waals surface area contributed by atoms with Crippen LogP contribution < -0.4 is 5.73 Å². The molecule has 1 rings (SSSR count). The molecule has 0 spiro atoms. The molecule has 0 bridgehead atoms. The summed E-state index contributed by atoms with van der Waals surface area (Å²) in [6, 6.07) is 0. The van der Waals surface area contributed by atoms with Gasteiger partial charge < -0.3 is 15.2 Å². The minimum Gasteiger partial charge on any atom is -0.462 e. The second-order valence-electron chi connectivity index (χ2n) is 4.13. The number of aromatic nitrogens is 2. The van der Waals surface area contributed by atoms with Crippen molar-refractivity contribution in [3.8, 4) is 0 Å². The van der Waals surface area contributed by atoms with Crippen LogP contribution in [0.5, 0.6) is 0 Å². The molecule has 0 saturated heterocycles. The Morgan fingerprint density at radius 2 is 2.00 bits per heavy atom. The van der Waals surface area contributed by atoms with E-state index >= 15 is 0 Å². The number of esters is 1.